The van der Waals surface area contributed by atoms with Crippen molar-refractivity contribution in [3.05, 3.63) is 66.4 Å². The van der Waals surface area contributed by atoms with Crippen LogP contribution >= 0.6 is 0 Å². The van der Waals surface area contributed by atoms with Crippen LogP contribution in [-0.4, -0.2) is 61.6 Å². The average molecular weight is 422 g/mol. The van der Waals surface area contributed by atoms with E-state index in [0.717, 1.165) is 24.6 Å². The zero-order valence-electron chi connectivity index (χ0n) is 17.5. The first-order valence-corrected chi connectivity index (χ1v) is 10.3. The number of anilines is 1. The topological polar surface area (TPSA) is 74.4 Å². The highest BCUT2D eigenvalue weighted by Gasteiger charge is 2.28. The van der Waals surface area contributed by atoms with Gasteiger partial charge in [0, 0.05) is 32.6 Å². The summed E-state index contributed by atoms with van der Waals surface area (Å²) in [4.78, 5) is 29.2. The highest BCUT2D eigenvalue weighted by Crippen LogP contribution is 2.19. The first-order chi connectivity index (χ1) is 15.1. The van der Waals surface area contributed by atoms with Crippen molar-refractivity contribution in [2.75, 3.05) is 45.0 Å². The second kappa shape index (κ2) is 9.53. The maximum Gasteiger partial charge on any atom is 0.271 e. The third kappa shape index (κ3) is 4.97. The third-order valence-electron chi connectivity index (χ3n) is 5.34. The molecule has 2 heterocycles. The van der Waals surface area contributed by atoms with Gasteiger partial charge < -0.3 is 14.4 Å². The van der Waals surface area contributed by atoms with Gasteiger partial charge >= 0.3 is 0 Å². The van der Waals surface area contributed by atoms with Gasteiger partial charge in [0.15, 0.2) is 0 Å². The largest absolute Gasteiger partial charge is 0.497 e. The fourth-order valence-electron chi connectivity index (χ4n) is 3.52. The summed E-state index contributed by atoms with van der Waals surface area (Å²) >= 11 is 0. The minimum Gasteiger partial charge on any atom is -0.497 e. The molecule has 2 amide bonds. The first-order valence-electron chi connectivity index (χ1n) is 10.3. The number of carbonyl (C=O) groups is 2. The Balaban J connectivity index is 1.28. The molecule has 1 N–H and O–H groups in total. The summed E-state index contributed by atoms with van der Waals surface area (Å²) in [5.41, 5.74) is 4.14. The van der Waals surface area contributed by atoms with E-state index in [9.17, 15) is 9.59 Å². The molecule has 2 aromatic rings. The van der Waals surface area contributed by atoms with Crippen LogP contribution in [0.15, 0.2) is 66.4 Å². The fraction of sp³-hybridized carbons (Fsp3) is 0.304. The average Bonchev–Trinajstić information content (AvgIpc) is 2.84. The van der Waals surface area contributed by atoms with E-state index in [4.69, 9.17) is 9.47 Å². The molecule has 4 rings (SSSR count). The number of carbonyl (C=O) groups excluding carboxylic acids is 2. The van der Waals surface area contributed by atoms with Crippen LogP contribution in [0.1, 0.15) is 6.42 Å². The molecule has 0 spiro atoms. The molecule has 2 aromatic carbocycles. The molecule has 2 aliphatic rings. The fourth-order valence-corrected chi connectivity index (χ4v) is 3.52. The number of hydrogen-bond acceptors (Lipinski definition) is 6. The van der Waals surface area contributed by atoms with Crippen LogP contribution in [0.4, 0.5) is 5.69 Å². The van der Waals surface area contributed by atoms with Crippen molar-refractivity contribution in [2.45, 2.75) is 6.42 Å². The summed E-state index contributed by atoms with van der Waals surface area (Å²) in [5.74, 6) is 1.38. The Hall–Kier alpha value is -3.52. The Kier molecular flexibility index (Phi) is 6.37. The lowest BCUT2D eigenvalue weighted by Crippen LogP contribution is -2.54. The van der Waals surface area contributed by atoms with E-state index in [2.05, 4.69) is 10.3 Å². The molecule has 31 heavy (non-hydrogen) atoms. The minimum absolute atomic E-state index is 0.0934. The van der Waals surface area contributed by atoms with Gasteiger partial charge in [-0.15, -0.1) is 0 Å². The smallest absolute Gasteiger partial charge is 0.271 e. The predicted molar refractivity (Wildman–Crippen MR) is 116 cm³/mol. The van der Waals surface area contributed by atoms with Gasteiger partial charge in [-0.1, -0.05) is 18.2 Å². The van der Waals surface area contributed by atoms with Crippen molar-refractivity contribution in [2.24, 2.45) is 0 Å². The molecule has 0 atom stereocenters. The van der Waals surface area contributed by atoms with Gasteiger partial charge in [0.25, 0.3) is 5.91 Å². The van der Waals surface area contributed by atoms with Gasteiger partial charge in [-0.3, -0.25) is 19.9 Å². The standard InChI is InChI=1S/C23H26N4O4/c1-30-19-7-9-20(10-8-19)31-17-25-13-15-26(16-14-25)23(29)21-11-12-22(28)27(24-21)18-5-3-2-4-6-18/h2-11,24H,12-17H2,1H3. The molecule has 0 aromatic heterocycles. The van der Waals surface area contributed by atoms with Crippen molar-refractivity contribution in [3.8, 4) is 11.5 Å². The second-order valence-corrected chi connectivity index (χ2v) is 7.36. The Labute approximate surface area is 181 Å². The van der Waals surface area contributed by atoms with Gasteiger partial charge in [0.05, 0.1) is 12.8 Å². The quantitative estimate of drug-likeness (QED) is 0.768. The van der Waals surface area contributed by atoms with Crippen LogP contribution in [0.3, 0.4) is 0 Å². The van der Waals surface area contributed by atoms with Gasteiger partial charge in [-0.2, -0.15) is 0 Å². The SMILES string of the molecule is COc1ccc(OCN2CCN(C(=O)C3=CCC(=O)N(c4ccccc4)N3)CC2)cc1. The van der Waals surface area contributed by atoms with Gasteiger partial charge in [0.1, 0.15) is 23.9 Å². The molecule has 0 unspecified atom stereocenters. The molecule has 162 valence electrons. The lowest BCUT2D eigenvalue weighted by Gasteiger charge is -2.36. The van der Waals surface area contributed by atoms with E-state index in [1.54, 1.807) is 13.2 Å². The number of nitrogens with one attached hydrogen (secondary N) is 1. The number of para-hydroxylation sites is 1. The number of amides is 2. The van der Waals surface area contributed by atoms with Crippen LogP contribution in [0, 0.1) is 0 Å². The second-order valence-electron chi connectivity index (χ2n) is 7.36. The molecular formula is C23H26N4O4. The highest BCUT2D eigenvalue weighted by atomic mass is 16.5. The maximum absolute atomic E-state index is 13.0. The van der Waals surface area contributed by atoms with Gasteiger partial charge in [-0.05, 0) is 42.5 Å². The number of methoxy groups -OCH3 is 1. The van der Waals surface area contributed by atoms with Gasteiger partial charge in [-0.25, -0.2) is 5.01 Å². The predicted octanol–water partition coefficient (Wildman–Crippen LogP) is 2.00. The third-order valence-corrected chi connectivity index (χ3v) is 5.34. The lowest BCUT2D eigenvalue weighted by atomic mass is 10.2. The van der Waals surface area contributed by atoms with E-state index < -0.39 is 0 Å². The van der Waals surface area contributed by atoms with E-state index in [1.165, 1.54) is 5.01 Å². The Morgan fingerprint density at radius 3 is 2.32 bits per heavy atom. The minimum atomic E-state index is -0.0942. The van der Waals surface area contributed by atoms with Crippen molar-refractivity contribution >= 4 is 17.5 Å². The Morgan fingerprint density at radius 2 is 1.65 bits per heavy atom. The van der Waals surface area contributed by atoms with E-state index >= 15 is 0 Å². The number of benzene rings is 2. The number of hydrazine groups is 1. The van der Waals surface area contributed by atoms with Crippen molar-refractivity contribution in [3.63, 3.8) is 0 Å². The molecule has 8 heteroatoms. The molecule has 1 fully saturated rings. The van der Waals surface area contributed by atoms with Crippen molar-refractivity contribution in [1.82, 2.24) is 15.2 Å². The summed E-state index contributed by atoms with van der Waals surface area (Å²) in [7, 11) is 1.63. The molecule has 8 nitrogen and oxygen atoms in total. The summed E-state index contributed by atoms with van der Waals surface area (Å²) in [5, 5.41) is 1.44. The summed E-state index contributed by atoms with van der Waals surface area (Å²) in [6.07, 6.45) is 1.86. The van der Waals surface area contributed by atoms with Crippen LogP contribution in [-0.2, 0) is 9.59 Å². The molecule has 0 radical (unpaired) electrons. The van der Waals surface area contributed by atoms with Crippen LogP contribution in [0.2, 0.25) is 0 Å². The van der Waals surface area contributed by atoms with E-state index in [1.807, 2.05) is 59.5 Å². The number of ether oxygens (including phenoxy) is 2. The molecular weight excluding hydrogens is 396 g/mol. The number of rotatable bonds is 6. The normalized spacial score (nSPS) is 17.1. The number of piperazine rings is 1. The zero-order chi connectivity index (χ0) is 21.6. The summed E-state index contributed by atoms with van der Waals surface area (Å²) < 4.78 is 11.0. The molecule has 0 bridgehead atoms. The lowest BCUT2D eigenvalue weighted by molar-refractivity contribution is -0.130. The summed E-state index contributed by atoms with van der Waals surface area (Å²) in [6, 6.07) is 16.7. The van der Waals surface area contributed by atoms with Crippen molar-refractivity contribution < 1.29 is 19.1 Å². The molecule has 1 saturated heterocycles. The van der Waals surface area contributed by atoms with Gasteiger partial charge in [0.2, 0.25) is 5.91 Å². The van der Waals surface area contributed by atoms with Crippen LogP contribution < -0.4 is 19.9 Å². The Morgan fingerprint density at radius 1 is 0.968 bits per heavy atom. The number of hydrogen-bond donors (Lipinski definition) is 1. The van der Waals surface area contributed by atoms with Crippen molar-refractivity contribution in [1.29, 1.82) is 0 Å². The first kappa shape index (κ1) is 20.7. The Bertz CT molecular complexity index is 938. The summed E-state index contributed by atoms with van der Waals surface area (Å²) in [6.45, 7) is 3.10. The number of nitrogens with zero attached hydrogens (tertiary/aromatic N) is 3. The van der Waals surface area contributed by atoms with E-state index in [-0.39, 0.29) is 18.2 Å². The van der Waals surface area contributed by atoms with E-state index in [0.29, 0.717) is 31.2 Å². The highest BCUT2D eigenvalue weighted by molar-refractivity contribution is 6.01. The van der Waals surface area contributed by atoms with Crippen LogP contribution in [0.5, 0.6) is 11.5 Å². The monoisotopic (exact) mass is 422 g/mol. The maximum atomic E-state index is 13.0. The molecule has 0 aliphatic carbocycles. The molecule has 2 aliphatic heterocycles. The molecule has 0 saturated carbocycles. The van der Waals surface area contributed by atoms with Crippen LogP contribution in [0.25, 0.3) is 0 Å². The zero-order valence-corrected chi connectivity index (χ0v) is 17.5.